The summed E-state index contributed by atoms with van der Waals surface area (Å²) in [7, 11) is 0. The van der Waals surface area contributed by atoms with Gasteiger partial charge in [0, 0.05) is 38.2 Å². The molecule has 4 heteroatoms. The highest BCUT2D eigenvalue weighted by Gasteiger charge is 2.29. The second kappa shape index (κ2) is 22.8. The average molecular weight is 1140 g/mol. The number of hydrogen-bond acceptors (Lipinski definition) is 4. The van der Waals surface area contributed by atoms with Crippen LogP contribution in [0.2, 0.25) is 0 Å². The van der Waals surface area contributed by atoms with Crippen LogP contribution in [0.25, 0.3) is 105 Å². The molecule has 1 aliphatic carbocycles. The molecule has 0 saturated carbocycles. The van der Waals surface area contributed by atoms with E-state index in [9.17, 15) is 0 Å². The van der Waals surface area contributed by atoms with Gasteiger partial charge < -0.3 is 18.6 Å². The van der Waals surface area contributed by atoms with Crippen molar-refractivity contribution in [2.75, 3.05) is 9.80 Å². The van der Waals surface area contributed by atoms with Gasteiger partial charge >= 0.3 is 0 Å². The molecule has 0 fully saturated rings. The summed E-state index contributed by atoms with van der Waals surface area (Å²) in [5.74, 6) is 1.60. The summed E-state index contributed by atoms with van der Waals surface area (Å²) >= 11 is 0. The molecule has 0 N–H and O–H groups in total. The van der Waals surface area contributed by atoms with Gasteiger partial charge in [0.05, 0.1) is 34.1 Å². The monoisotopic (exact) mass is 1140 g/mol. The summed E-state index contributed by atoms with van der Waals surface area (Å²) in [4.78, 5) is 4.96. The lowest BCUT2D eigenvalue weighted by molar-refractivity contribution is 0.584. The van der Waals surface area contributed by atoms with Crippen LogP contribution in [0.3, 0.4) is 0 Å². The van der Waals surface area contributed by atoms with Crippen molar-refractivity contribution in [1.82, 2.24) is 0 Å². The molecule has 4 nitrogen and oxygen atoms in total. The van der Waals surface area contributed by atoms with Gasteiger partial charge in [-0.05, 0) is 153 Å². The zero-order valence-corrected chi connectivity index (χ0v) is 50.5. The molecule has 0 atom stereocenters. The first kappa shape index (κ1) is 54.2. The number of fused-ring (bicyclic) bond motifs is 7. The fourth-order valence-corrected chi connectivity index (χ4v) is 13.6. The molecular weight excluding hydrogens is 1070 g/mol. The van der Waals surface area contributed by atoms with Crippen molar-refractivity contribution >= 4 is 94.2 Å². The van der Waals surface area contributed by atoms with E-state index in [1.807, 2.05) is 0 Å². The van der Waals surface area contributed by atoms with Gasteiger partial charge in [-0.25, -0.2) is 0 Å². The molecule has 0 amide bonds. The minimum atomic E-state index is 0.268. The molecule has 426 valence electrons. The molecule has 1 aliphatic rings. The third-order valence-corrected chi connectivity index (χ3v) is 18.0. The third-order valence-electron chi connectivity index (χ3n) is 18.0. The number of benzene rings is 11. The highest BCUT2D eigenvalue weighted by Crippen LogP contribution is 2.52. The Morgan fingerprint density at radius 1 is 0.341 bits per heavy atom. The van der Waals surface area contributed by atoms with Gasteiger partial charge in [0.25, 0.3) is 0 Å². The van der Waals surface area contributed by atoms with Crippen molar-refractivity contribution in [2.24, 2.45) is 5.92 Å². The first-order chi connectivity index (χ1) is 43.2. The van der Waals surface area contributed by atoms with Crippen LogP contribution in [-0.2, 0) is 6.42 Å². The Morgan fingerprint density at radius 3 is 1.44 bits per heavy atom. The van der Waals surface area contributed by atoms with E-state index in [4.69, 9.17) is 8.83 Å². The summed E-state index contributed by atoms with van der Waals surface area (Å²) in [6.45, 7) is 11.3. The van der Waals surface area contributed by atoms with Gasteiger partial charge in [-0.15, -0.1) is 0 Å². The van der Waals surface area contributed by atoms with Gasteiger partial charge in [0.1, 0.15) is 11.3 Å². The first-order valence-electron chi connectivity index (χ1n) is 31.2. The Hall–Kier alpha value is -10.4. The average Bonchev–Trinajstić information content (AvgIpc) is 1.46. The quantitative estimate of drug-likeness (QED) is 0.122. The van der Waals surface area contributed by atoms with Crippen LogP contribution in [0.15, 0.2) is 282 Å². The number of furan rings is 2. The van der Waals surface area contributed by atoms with E-state index in [1.54, 1.807) is 0 Å². The standard InChI is InChI=1S/C84H68N2O2/c1-54(2)65-31-18-19-32-68-70-35-22-38-80(84(70)87-81(65)68)86(78-50-45-63(58-25-12-7-13-26-58)52-74(78)60-29-16-9-17-30-60)76-48-43-61-41-42-64-53-72(61)67(76)46-39-56(5)40-47-75(64)85(79-37-21-36-71-69-34-20-33-66(55(3)4)82(69)88-83(71)79)77-49-44-62(57-23-10-6-11-24-57)51-73(77)59-27-14-8-15-28-59/h6-17,20-31,33-55H,18-19,32H2,1-5H3. The minimum absolute atomic E-state index is 0.268. The molecule has 0 radical (unpaired) electrons. The summed E-state index contributed by atoms with van der Waals surface area (Å²) in [5.41, 5.74) is 22.7. The van der Waals surface area contributed by atoms with Crippen molar-refractivity contribution in [2.45, 2.75) is 59.8 Å². The number of rotatable bonds is 12. The molecule has 12 aromatic carbocycles. The summed E-state index contributed by atoms with van der Waals surface area (Å²) < 4.78 is 14.7. The lowest BCUT2D eigenvalue weighted by Gasteiger charge is -2.30. The topological polar surface area (TPSA) is 32.8 Å². The molecule has 0 unspecified atom stereocenters. The largest absolute Gasteiger partial charge is 0.454 e. The second-order valence-electron chi connectivity index (χ2n) is 24.2. The van der Waals surface area contributed by atoms with E-state index in [1.165, 1.54) is 27.6 Å². The zero-order chi connectivity index (χ0) is 59.4. The van der Waals surface area contributed by atoms with Crippen LogP contribution >= 0.6 is 0 Å². The van der Waals surface area contributed by atoms with Crippen molar-refractivity contribution in [3.63, 3.8) is 0 Å². The van der Waals surface area contributed by atoms with Gasteiger partial charge in [-0.1, -0.05) is 252 Å². The SMILES string of the molecule is Cc1ccc(N(c2ccc(-c3ccccc3)cc2-c2ccccc2)c2cccc3c2oc2c(C(C)C)cccc23)c2ccc3ccc(N(c4ccc(-c5ccccc5)cc4-c4ccccc4)c4cccc5c6c(oc45)C(C(C)C)=CCCC6)c(cc1)c3c2. The van der Waals surface area contributed by atoms with Gasteiger partial charge in [0.2, 0.25) is 0 Å². The molecule has 88 heavy (non-hydrogen) atoms. The maximum Gasteiger partial charge on any atom is 0.159 e. The van der Waals surface area contributed by atoms with Gasteiger partial charge in [-0.3, -0.25) is 0 Å². The summed E-state index contributed by atoms with van der Waals surface area (Å²) in [5, 5.41) is 7.77. The van der Waals surface area contributed by atoms with Gasteiger partial charge in [0.15, 0.2) is 11.2 Å². The minimum Gasteiger partial charge on any atom is -0.454 e. The van der Waals surface area contributed by atoms with E-state index in [-0.39, 0.29) is 5.92 Å². The van der Waals surface area contributed by atoms with E-state index >= 15 is 0 Å². The number of anilines is 6. The van der Waals surface area contributed by atoms with Gasteiger partial charge in [-0.2, -0.15) is 0 Å². The maximum atomic E-state index is 7.42. The van der Waals surface area contributed by atoms with Crippen LogP contribution in [0.5, 0.6) is 0 Å². The first-order valence-corrected chi connectivity index (χ1v) is 31.2. The molecule has 0 aliphatic heterocycles. The predicted molar refractivity (Wildman–Crippen MR) is 373 cm³/mol. The molecule has 0 spiro atoms. The number of allylic oxidation sites excluding steroid dienone is 2. The maximum absolute atomic E-state index is 7.42. The Bertz CT molecular complexity index is 5010. The van der Waals surface area contributed by atoms with Crippen LogP contribution in [0, 0.1) is 12.8 Å². The van der Waals surface area contributed by atoms with Crippen LogP contribution in [-0.4, -0.2) is 0 Å². The summed E-state index contributed by atoms with van der Waals surface area (Å²) in [6, 6.07) is 98.0. The fourth-order valence-electron chi connectivity index (χ4n) is 13.6. The van der Waals surface area contributed by atoms with Crippen molar-refractivity contribution in [3.05, 3.63) is 295 Å². The van der Waals surface area contributed by atoms with Crippen molar-refractivity contribution in [3.8, 4) is 44.5 Å². The third kappa shape index (κ3) is 9.66. The number of nitrogens with zero attached hydrogens (tertiary/aromatic N) is 2. The highest BCUT2D eigenvalue weighted by atomic mass is 16.3. The molecule has 2 aromatic heterocycles. The molecule has 15 rings (SSSR count). The Morgan fingerprint density at radius 2 is 0.841 bits per heavy atom. The molecule has 2 heterocycles. The van der Waals surface area contributed by atoms with E-state index < -0.39 is 0 Å². The van der Waals surface area contributed by atoms with Crippen molar-refractivity contribution in [1.29, 1.82) is 0 Å². The predicted octanol–water partition coefficient (Wildman–Crippen LogP) is 24.6. The lowest BCUT2D eigenvalue weighted by atomic mass is 9.94. The van der Waals surface area contributed by atoms with E-state index in [0.29, 0.717) is 5.92 Å². The van der Waals surface area contributed by atoms with Crippen LogP contribution < -0.4 is 9.80 Å². The van der Waals surface area contributed by atoms with Crippen LogP contribution in [0.1, 0.15) is 68.9 Å². The second-order valence-corrected chi connectivity index (χ2v) is 24.2. The molecule has 0 saturated heterocycles. The van der Waals surface area contributed by atoms with E-state index in [0.717, 1.165) is 153 Å². The number of hydrogen-bond donors (Lipinski definition) is 0. The Balaban J connectivity index is 1.03. The van der Waals surface area contributed by atoms with Crippen LogP contribution in [0.4, 0.5) is 34.1 Å². The smallest absolute Gasteiger partial charge is 0.159 e. The Kier molecular flexibility index (Phi) is 14.0. The lowest BCUT2D eigenvalue weighted by Crippen LogP contribution is -2.12. The highest BCUT2D eigenvalue weighted by molar-refractivity contribution is 6.15. The number of aryl methyl sites for hydroxylation is 2. The fraction of sp³-hybridized carbons (Fsp3) is 0.119. The Labute approximate surface area is 515 Å². The number of para-hydroxylation sites is 3. The molecule has 14 aromatic rings. The summed E-state index contributed by atoms with van der Waals surface area (Å²) in [6.07, 6.45) is 5.49. The zero-order valence-electron chi connectivity index (χ0n) is 50.5. The van der Waals surface area contributed by atoms with E-state index in [2.05, 4.69) is 317 Å². The normalized spacial score (nSPS) is 12.5. The molecule has 2 bridgehead atoms. The molecular formula is C84H68N2O2. The van der Waals surface area contributed by atoms with Crippen molar-refractivity contribution < 1.29 is 8.83 Å².